The van der Waals surface area contributed by atoms with Crippen molar-refractivity contribution >= 4 is 58.9 Å². The van der Waals surface area contributed by atoms with Gasteiger partial charge in [0.15, 0.2) is 0 Å². The summed E-state index contributed by atoms with van der Waals surface area (Å²) < 4.78 is 0. The largest absolute Gasteiger partial charge is 0.179 e. The first kappa shape index (κ1) is 33.5. The Hall–Kier alpha value is -2.87. The van der Waals surface area contributed by atoms with Crippen molar-refractivity contribution in [2.24, 2.45) is 0 Å². The van der Waals surface area contributed by atoms with Crippen molar-refractivity contribution in [3.63, 3.8) is 0 Å². The molecule has 7 aromatic rings. The normalized spacial score (nSPS) is 10.9. The van der Waals surface area contributed by atoms with Gasteiger partial charge in [-0.1, -0.05) is 122 Å². The summed E-state index contributed by atoms with van der Waals surface area (Å²) in [5.41, 5.74) is 9.66. The fourth-order valence-corrected chi connectivity index (χ4v) is 6.25. The van der Waals surface area contributed by atoms with E-state index in [1.807, 2.05) is 6.07 Å². The molecule has 0 atom stereocenters. The fourth-order valence-electron chi connectivity index (χ4n) is 6.25. The smallest absolute Gasteiger partial charge is 0.0253 e. The van der Waals surface area contributed by atoms with Crippen LogP contribution in [0.25, 0.3) is 54.6 Å². The molecule has 2 radical (unpaired) electrons. The zero-order valence-electron chi connectivity index (χ0n) is 26.0. The molecule has 45 heavy (non-hydrogen) atoms. The Morgan fingerprint density at radius 3 is 2.00 bits per heavy atom. The molecule has 4 heteroatoms. The molecule has 0 aromatic heterocycles. The quantitative estimate of drug-likeness (QED) is 0.0969. The number of aryl methyl sites for hydroxylation is 1. The van der Waals surface area contributed by atoms with Gasteiger partial charge in [0.25, 0.3) is 0 Å². The molecule has 0 aliphatic heterocycles. The van der Waals surface area contributed by atoms with Crippen LogP contribution in [0.1, 0.15) is 30.0 Å². The van der Waals surface area contributed by atoms with Crippen LogP contribution in [0.2, 0.25) is 13.1 Å². The number of hydrogen-bond acceptors (Lipinski definition) is 0. The Morgan fingerprint density at radius 1 is 0.711 bits per heavy atom. The molecule has 0 N–H and O–H groups in total. The van der Waals surface area contributed by atoms with E-state index in [4.69, 9.17) is 17.0 Å². The van der Waals surface area contributed by atoms with E-state index in [0.717, 1.165) is 22.4 Å². The number of halogens is 2. The molecule has 0 amide bonds. The number of rotatable bonds is 3. The fraction of sp³-hybridized carbons (Fsp3) is 0.146. The van der Waals surface area contributed by atoms with Crippen LogP contribution in [0.4, 0.5) is 0 Å². The molecule has 0 bridgehead atoms. The molecular weight excluding hydrogens is 683 g/mol. The Morgan fingerprint density at radius 2 is 1.31 bits per heavy atom. The molecule has 0 spiro atoms. The van der Waals surface area contributed by atoms with Gasteiger partial charge in [-0.05, 0) is 46.0 Å². The first-order chi connectivity index (χ1) is 22.1. The van der Waals surface area contributed by atoms with E-state index in [-0.39, 0.29) is 0 Å². The van der Waals surface area contributed by atoms with Crippen molar-refractivity contribution < 1.29 is 20.8 Å². The molecule has 1 aliphatic carbocycles. The number of hydrogen-bond donors (Lipinski definition) is 0. The third-order valence-corrected chi connectivity index (χ3v) is 8.01. The van der Waals surface area contributed by atoms with E-state index < -0.39 is 20.8 Å². The molecule has 0 nitrogen and oxygen atoms in total. The van der Waals surface area contributed by atoms with Crippen molar-refractivity contribution in [3.8, 4) is 22.3 Å². The molecule has 0 unspecified atom stereocenters. The monoisotopic (exact) mass is 716 g/mol. The van der Waals surface area contributed by atoms with E-state index in [9.17, 15) is 0 Å². The number of benzene rings is 6. The van der Waals surface area contributed by atoms with Crippen LogP contribution in [0, 0.1) is 6.07 Å². The minimum absolute atomic E-state index is 0.826. The predicted molar refractivity (Wildman–Crippen MR) is 197 cm³/mol. The van der Waals surface area contributed by atoms with Gasteiger partial charge in [0, 0.05) is 9.52 Å². The van der Waals surface area contributed by atoms with Gasteiger partial charge in [-0.15, -0.1) is 40.1 Å². The average Bonchev–Trinajstić information content (AvgIpc) is 3.66. The SMILES string of the molecule is CCCc1cc2c(-c3c4ccccc4cc4ccccc34)cccc2[cH-]1.C[Si]C.[Cl][Zr+2][Cl].[c-]1cccc2c1Cc1ccccc1-2. The van der Waals surface area contributed by atoms with Crippen LogP contribution < -0.4 is 0 Å². The molecule has 8 rings (SSSR count). The topological polar surface area (TPSA) is 0 Å². The maximum absolute atomic E-state index is 4.93. The van der Waals surface area contributed by atoms with Crippen molar-refractivity contribution in [1.82, 2.24) is 0 Å². The van der Waals surface area contributed by atoms with Crippen LogP contribution in [0.5, 0.6) is 0 Å². The maximum Gasteiger partial charge on any atom is -0.0253 e. The van der Waals surface area contributed by atoms with Crippen molar-refractivity contribution in [2.75, 3.05) is 0 Å². The van der Waals surface area contributed by atoms with Crippen molar-refractivity contribution in [1.29, 1.82) is 0 Å². The Balaban J connectivity index is 0.000000175. The summed E-state index contributed by atoms with van der Waals surface area (Å²) in [5, 5.41) is 7.99. The van der Waals surface area contributed by atoms with Gasteiger partial charge in [0.05, 0.1) is 0 Å². The molecule has 1 aliphatic rings. The molecule has 0 fully saturated rings. The second-order valence-corrected chi connectivity index (χ2v) is 15.8. The van der Waals surface area contributed by atoms with Crippen molar-refractivity contribution in [3.05, 3.63) is 150 Å². The molecule has 0 saturated carbocycles. The summed E-state index contributed by atoms with van der Waals surface area (Å²) in [6.07, 6.45) is 3.37. The van der Waals surface area contributed by atoms with Crippen LogP contribution in [-0.2, 0) is 33.7 Å². The first-order valence-electron chi connectivity index (χ1n) is 15.3. The summed E-state index contributed by atoms with van der Waals surface area (Å²) in [6.45, 7) is 6.55. The second-order valence-electron chi connectivity index (χ2n) is 11.1. The van der Waals surface area contributed by atoms with Gasteiger partial charge in [-0.25, -0.2) is 0 Å². The van der Waals surface area contributed by atoms with Gasteiger partial charge in [-0.2, -0.15) is 35.9 Å². The minimum Gasteiger partial charge on any atom is -0.179 e. The zero-order chi connectivity index (χ0) is 31.6. The van der Waals surface area contributed by atoms with Crippen LogP contribution in [0.15, 0.2) is 127 Å². The van der Waals surface area contributed by atoms with E-state index in [0.29, 0.717) is 0 Å². The predicted octanol–water partition coefficient (Wildman–Crippen LogP) is 12.7. The van der Waals surface area contributed by atoms with Gasteiger partial charge >= 0.3 is 37.9 Å². The third kappa shape index (κ3) is 7.75. The zero-order valence-corrected chi connectivity index (χ0v) is 31.0. The van der Waals surface area contributed by atoms with Crippen LogP contribution in [0.3, 0.4) is 0 Å². The summed E-state index contributed by atoms with van der Waals surface area (Å²) >= 11 is -0.826. The standard InChI is InChI=1S/C26H21.C13H9.C2H6Si.2ClH.Zr/c1-2-8-18-15-19-11-7-14-24(25(19)16-18)26-22-12-5-3-9-20(22)17-21-10-4-6-13-23(21)26;1-3-7-12-10(5-1)9-11-6-2-4-8-13(11)12;1-3-2;;;/h3-7,9-17H,2,8H2,1H3;1-5,7-8H,9H2;1-2H3;2*1H;/q2*-1;;;;+4/p-2. The average molecular weight is 719 g/mol. The summed E-state index contributed by atoms with van der Waals surface area (Å²) in [6, 6.07) is 49.4. The first-order valence-corrected chi connectivity index (χ1v) is 23.7. The van der Waals surface area contributed by atoms with Gasteiger partial charge in [0.1, 0.15) is 0 Å². The van der Waals surface area contributed by atoms with Crippen molar-refractivity contribution in [2.45, 2.75) is 39.3 Å². The molecule has 222 valence electrons. The Labute approximate surface area is 289 Å². The van der Waals surface area contributed by atoms with E-state index in [1.165, 1.54) is 77.7 Å². The third-order valence-electron chi connectivity index (χ3n) is 8.01. The summed E-state index contributed by atoms with van der Waals surface area (Å²) in [7, 11) is 11.0. The number of fused-ring (bicyclic) bond motifs is 6. The van der Waals surface area contributed by atoms with Gasteiger partial charge < -0.3 is 0 Å². The van der Waals surface area contributed by atoms with Crippen LogP contribution in [-0.4, -0.2) is 9.52 Å². The summed E-state index contributed by atoms with van der Waals surface area (Å²) in [5.74, 6) is 0. The van der Waals surface area contributed by atoms with E-state index >= 15 is 0 Å². The molecule has 0 heterocycles. The Kier molecular flexibility index (Phi) is 12.4. The maximum atomic E-state index is 4.93. The van der Waals surface area contributed by atoms with Gasteiger partial charge in [-0.3, -0.25) is 0 Å². The van der Waals surface area contributed by atoms with E-state index in [2.05, 4.69) is 147 Å². The molecule has 7 aromatic carbocycles. The Bertz CT molecular complexity index is 1910. The molecular formula is C41H36Cl2SiZr. The second kappa shape index (κ2) is 16.6. The van der Waals surface area contributed by atoms with E-state index in [1.54, 1.807) is 0 Å². The van der Waals surface area contributed by atoms with Gasteiger partial charge in [0.2, 0.25) is 0 Å². The summed E-state index contributed by atoms with van der Waals surface area (Å²) in [4.78, 5) is 0. The van der Waals surface area contributed by atoms with Crippen LogP contribution >= 0.6 is 17.0 Å². The molecule has 0 saturated heterocycles. The minimum atomic E-state index is -0.826.